The Morgan fingerprint density at radius 1 is 1.08 bits per heavy atom. The highest BCUT2D eigenvalue weighted by atomic mass is 15.0. The van der Waals surface area contributed by atoms with E-state index in [0.717, 1.165) is 0 Å². The molecule has 0 atom stereocenters. The fraction of sp³-hybridized carbons (Fsp3) is 0.455. The molecule has 1 nitrogen and oxygen atoms in total. The quantitative estimate of drug-likeness (QED) is 0.618. The summed E-state index contributed by atoms with van der Waals surface area (Å²) >= 11 is 0. The van der Waals surface area contributed by atoms with E-state index >= 15 is 0 Å². The van der Waals surface area contributed by atoms with Gasteiger partial charge in [-0.25, -0.2) is 0 Å². The van der Waals surface area contributed by atoms with Crippen molar-refractivity contribution in [3.8, 4) is 0 Å². The Morgan fingerprint density at radius 2 is 1.54 bits per heavy atom. The maximum absolute atomic E-state index is 2.25. The van der Waals surface area contributed by atoms with Crippen LogP contribution in [0.5, 0.6) is 0 Å². The van der Waals surface area contributed by atoms with Gasteiger partial charge in [0.2, 0.25) is 0 Å². The van der Waals surface area contributed by atoms with Crippen molar-refractivity contribution in [1.29, 1.82) is 0 Å². The molecule has 0 saturated carbocycles. The fourth-order valence-corrected chi connectivity index (χ4v) is 1.74. The first-order chi connectivity index (χ1) is 6.04. The van der Waals surface area contributed by atoms with Crippen molar-refractivity contribution in [3.63, 3.8) is 0 Å². The minimum atomic E-state index is 0.501. The molecular formula is C11H18BN. The largest absolute Gasteiger partial charge is 0.344 e. The molecule has 13 heavy (non-hydrogen) atoms. The zero-order chi connectivity index (χ0) is 10.0. The molecule has 2 heteroatoms. The number of nitrogens with zero attached hydrogens (tertiary/aromatic N) is 1. The summed E-state index contributed by atoms with van der Waals surface area (Å²) in [6.07, 6.45) is 0. The molecule has 0 spiro atoms. The van der Waals surface area contributed by atoms with Gasteiger partial charge >= 0.3 is 0 Å². The topological polar surface area (TPSA) is 3.24 Å². The summed E-state index contributed by atoms with van der Waals surface area (Å²) in [4.78, 5) is 2.25. The van der Waals surface area contributed by atoms with Crippen LogP contribution in [-0.2, 0) is 0 Å². The first kappa shape index (κ1) is 10.3. The summed E-state index contributed by atoms with van der Waals surface area (Å²) in [6, 6.07) is 6.49. The zero-order valence-corrected chi connectivity index (χ0v) is 9.26. The lowest BCUT2D eigenvalue weighted by atomic mass is 9.54. The second-order valence-electron chi connectivity index (χ2n) is 3.95. The highest BCUT2D eigenvalue weighted by Gasteiger charge is 2.16. The van der Waals surface area contributed by atoms with Crippen LogP contribution in [0.4, 0.5) is 0 Å². The smallest absolute Gasteiger partial charge is 0.254 e. The normalized spacial score (nSPS) is 10.6. The van der Waals surface area contributed by atoms with Crippen LogP contribution in [0, 0.1) is 13.8 Å². The minimum absolute atomic E-state index is 0.501. The van der Waals surface area contributed by atoms with Crippen molar-refractivity contribution in [3.05, 3.63) is 29.3 Å². The lowest BCUT2D eigenvalue weighted by Crippen LogP contribution is -2.43. The van der Waals surface area contributed by atoms with Crippen molar-refractivity contribution >= 4 is 12.3 Å². The van der Waals surface area contributed by atoms with Crippen LogP contribution in [-0.4, -0.2) is 25.8 Å². The van der Waals surface area contributed by atoms with Crippen molar-refractivity contribution in [2.75, 3.05) is 14.1 Å². The summed E-state index contributed by atoms with van der Waals surface area (Å²) in [6.45, 7) is 7.11. The van der Waals surface area contributed by atoms with E-state index in [2.05, 4.69) is 57.8 Å². The van der Waals surface area contributed by atoms with Gasteiger partial charge in [-0.1, -0.05) is 41.6 Å². The van der Waals surface area contributed by atoms with Crippen LogP contribution in [0.15, 0.2) is 18.2 Å². The van der Waals surface area contributed by atoms with Crippen LogP contribution in [0.1, 0.15) is 11.1 Å². The second-order valence-corrected chi connectivity index (χ2v) is 3.95. The number of benzene rings is 1. The first-order valence-electron chi connectivity index (χ1n) is 4.76. The van der Waals surface area contributed by atoms with Crippen molar-refractivity contribution < 1.29 is 0 Å². The SMILES string of the molecule is CB(c1c(C)cccc1C)N(C)C. The Kier molecular flexibility index (Phi) is 3.15. The molecule has 0 amide bonds. The van der Waals surface area contributed by atoms with Gasteiger partial charge in [-0.05, 0) is 27.9 Å². The van der Waals surface area contributed by atoms with E-state index in [9.17, 15) is 0 Å². The average molecular weight is 175 g/mol. The van der Waals surface area contributed by atoms with E-state index in [-0.39, 0.29) is 0 Å². The van der Waals surface area contributed by atoms with Crippen molar-refractivity contribution in [2.24, 2.45) is 0 Å². The number of rotatable bonds is 2. The maximum atomic E-state index is 2.25. The summed E-state index contributed by atoms with van der Waals surface area (Å²) in [5, 5.41) is 0. The molecule has 1 aromatic rings. The summed E-state index contributed by atoms with van der Waals surface area (Å²) in [5.41, 5.74) is 4.25. The molecule has 70 valence electrons. The molecule has 0 fully saturated rings. The van der Waals surface area contributed by atoms with E-state index in [1.807, 2.05) is 0 Å². The van der Waals surface area contributed by atoms with E-state index in [4.69, 9.17) is 0 Å². The molecule has 0 bridgehead atoms. The third kappa shape index (κ3) is 2.13. The third-order valence-electron chi connectivity index (χ3n) is 2.73. The van der Waals surface area contributed by atoms with Crippen LogP contribution in [0.25, 0.3) is 0 Å². The molecule has 0 N–H and O–H groups in total. The molecule has 0 radical (unpaired) electrons. The Morgan fingerprint density at radius 3 is 1.92 bits per heavy atom. The second kappa shape index (κ2) is 3.97. The van der Waals surface area contributed by atoms with Gasteiger partial charge in [0.25, 0.3) is 6.85 Å². The minimum Gasteiger partial charge on any atom is -0.344 e. The zero-order valence-electron chi connectivity index (χ0n) is 9.26. The van der Waals surface area contributed by atoms with Crippen LogP contribution in [0.3, 0.4) is 0 Å². The van der Waals surface area contributed by atoms with Gasteiger partial charge in [-0.15, -0.1) is 0 Å². The predicted molar refractivity (Wildman–Crippen MR) is 60.9 cm³/mol. The van der Waals surface area contributed by atoms with Gasteiger partial charge in [0, 0.05) is 0 Å². The standard InChI is InChI=1S/C11H18BN/c1-9-7-6-8-10(2)11(9)12(3)13(4)5/h6-8H,1-5H3. The van der Waals surface area contributed by atoms with Gasteiger partial charge in [0.15, 0.2) is 0 Å². The van der Waals surface area contributed by atoms with E-state index in [1.54, 1.807) is 0 Å². The Balaban J connectivity index is 3.12. The van der Waals surface area contributed by atoms with Crippen molar-refractivity contribution in [2.45, 2.75) is 20.7 Å². The Hall–Kier alpha value is -0.755. The van der Waals surface area contributed by atoms with Crippen LogP contribution >= 0.6 is 0 Å². The number of hydrogen-bond acceptors (Lipinski definition) is 1. The number of hydrogen-bond donors (Lipinski definition) is 0. The number of aryl methyl sites for hydroxylation is 2. The fourth-order valence-electron chi connectivity index (χ4n) is 1.74. The van der Waals surface area contributed by atoms with Crippen LogP contribution < -0.4 is 5.46 Å². The molecule has 0 aliphatic rings. The Bertz CT molecular complexity index is 274. The maximum Gasteiger partial charge on any atom is 0.254 e. The Labute approximate surface area is 81.9 Å². The lowest BCUT2D eigenvalue weighted by molar-refractivity contribution is 0.652. The van der Waals surface area contributed by atoms with Crippen molar-refractivity contribution in [1.82, 2.24) is 4.81 Å². The molecule has 0 aromatic heterocycles. The molecule has 0 unspecified atom stereocenters. The highest BCUT2D eigenvalue weighted by Crippen LogP contribution is 2.03. The molecule has 0 heterocycles. The van der Waals surface area contributed by atoms with Gasteiger partial charge < -0.3 is 4.81 Å². The van der Waals surface area contributed by atoms with E-state index in [1.165, 1.54) is 16.6 Å². The molecule has 1 rings (SSSR count). The van der Waals surface area contributed by atoms with Gasteiger partial charge in [0.1, 0.15) is 0 Å². The monoisotopic (exact) mass is 175 g/mol. The molecule has 0 aliphatic heterocycles. The first-order valence-corrected chi connectivity index (χ1v) is 4.76. The highest BCUT2D eigenvalue weighted by molar-refractivity contribution is 6.70. The van der Waals surface area contributed by atoms with Gasteiger partial charge in [-0.2, -0.15) is 0 Å². The predicted octanol–water partition coefficient (Wildman–Crippen LogP) is 1.69. The summed E-state index contributed by atoms with van der Waals surface area (Å²) in [5.74, 6) is 0. The molecule has 1 aromatic carbocycles. The third-order valence-corrected chi connectivity index (χ3v) is 2.73. The van der Waals surface area contributed by atoms with E-state index in [0.29, 0.717) is 6.85 Å². The lowest BCUT2D eigenvalue weighted by Gasteiger charge is -2.20. The van der Waals surface area contributed by atoms with E-state index < -0.39 is 0 Å². The van der Waals surface area contributed by atoms with Gasteiger partial charge in [0.05, 0.1) is 0 Å². The summed E-state index contributed by atoms with van der Waals surface area (Å²) in [7, 11) is 4.24. The van der Waals surface area contributed by atoms with Crippen LogP contribution in [0.2, 0.25) is 6.82 Å². The molecule has 0 saturated heterocycles. The summed E-state index contributed by atoms with van der Waals surface area (Å²) < 4.78 is 0. The molecule has 0 aliphatic carbocycles. The average Bonchev–Trinajstić information content (AvgIpc) is 2.03. The van der Waals surface area contributed by atoms with Gasteiger partial charge in [-0.3, -0.25) is 0 Å². The molecular weight excluding hydrogens is 157 g/mol.